The molecule has 1 aromatic rings. The minimum absolute atomic E-state index is 0.483. The van der Waals surface area contributed by atoms with Gasteiger partial charge in [-0.15, -0.1) is 0 Å². The Balaban J connectivity index is 1.90. The zero-order valence-electron chi connectivity index (χ0n) is 11.9. The molecule has 1 aromatic carbocycles. The van der Waals surface area contributed by atoms with E-state index in [2.05, 4.69) is 30.1 Å². The Morgan fingerprint density at radius 2 is 2.16 bits per heavy atom. The van der Waals surface area contributed by atoms with Crippen molar-refractivity contribution >= 4 is 5.69 Å². The van der Waals surface area contributed by atoms with Gasteiger partial charge in [-0.1, -0.05) is 18.9 Å². The summed E-state index contributed by atoms with van der Waals surface area (Å²) in [5.41, 5.74) is 10.6. The van der Waals surface area contributed by atoms with Crippen molar-refractivity contribution < 1.29 is 0 Å². The van der Waals surface area contributed by atoms with E-state index in [4.69, 9.17) is 5.73 Å². The average molecular weight is 256 g/mol. The fraction of sp³-hybridized carbons (Fsp3) is 0.647. The van der Waals surface area contributed by atoms with E-state index in [1.807, 2.05) is 0 Å². The fourth-order valence-corrected chi connectivity index (χ4v) is 5.25. The minimum atomic E-state index is 0.483. The summed E-state index contributed by atoms with van der Waals surface area (Å²) in [5, 5.41) is 0. The third kappa shape index (κ3) is 1.53. The number of nitrogens with two attached hydrogens (primary N) is 1. The molecule has 2 nitrogen and oxygen atoms in total. The number of hydrogen-bond donors (Lipinski definition) is 1. The predicted molar refractivity (Wildman–Crippen MR) is 79.2 cm³/mol. The van der Waals surface area contributed by atoms with Gasteiger partial charge >= 0.3 is 0 Å². The molecule has 19 heavy (non-hydrogen) atoms. The first-order valence-electron chi connectivity index (χ1n) is 7.80. The molecule has 1 aliphatic heterocycles. The van der Waals surface area contributed by atoms with E-state index < -0.39 is 0 Å². The summed E-state index contributed by atoms with van der Waals surface area (Å²) in [5.74, 6) is 0.885. The van der Waals surface area contributed by atoms with E-state index in [9.17, 15) is 0 Å². The highest BCUT2D eigenvalue weighted by molar-refractivity contribution is 5.50. The van der Waals surface area contributed by atoms with Crippen LogP contribution >= 0.6 is 0 Å². The lowest BCUT2D eigenvalue weighted by molar-refractivity contribution is 0.00289. The maximum absolute atomic E-state index is 6.02. The van der Waals surface area contributed by atoms with Crippen molar-refractivity contribution in [2.24, 2.45) is 5.92 Å². The molecule has 1 heterocycles. The van der Waals surface area contributed by atoms with Crippen LogP contribution in [0.3, 0.4) is 0 Å². The molecule has 0 amide bonds. The van der Waals surface area contributed by atoms with Crippen molar-refractivity contribution in [3.8, 4) is 0 Å². The van der Waals surface area contributed by atoms with Crippen molar-refractivity contribution in [2.75, 3.05) is 19.3 Å². The van der Waals surface area contributed by atoms with E-state index in [0.717, 1.165) is 17.6 Å². The maximum Gasteiger partial charge on any atom is 0.0316 e. The number of anilines is 1. The second-order valence-electron chi connectivity index (χ2n) is 6.93. The highest BCUT2D eigenvalue weighted by Crippen LogP contribution is 2.55. The molecule has 3 atom stereocenters. The van der Waals surface area contributed by atoms with Gasteiger partial charge in [0.05, 0.1) is 0 Å². The second kappa shape index (κ2) is 3.99. The first-order valence-corrected chi connectivity index (χ1v) is 7.80. The van der Waals surface area contributed by atoms with Gasteiger partial charge in [-0.05, 0) is 68.5 Å². The molecule has 3 aliphatic rings. The number of likely N-dealkylation sites (N-methyl/N-ethyl adjacent to an activating group) is 1. The molecule has 102 valence electrons. The monoisotopic (exact) mass is 256 g/mol. The van der Waals surface area contributed by atoms with Crippen LogP contribution in [0.15, 0.2) is 18.2 Å². The van der Waals surface area contributed by atoms with Gasteiger partial charge in [0.15, 0.2) is 0 Å². The van der Waals surface area contributed by atoms with Gasteiger partial charge in [0, 0.05) is 17.1 Å². The first kappa shape index (κ1) is 11.8. The Bertz CT molecular complexity index is 510. The van der Waals surface area contributed by atoms with Crippen LogP contribution in [0.25, 0.3) is 0 Å². The van der Waals surface area contributed by atoms with Crippen molar-refractivity contribution in [3.63, 3.8) is 0 Å². The Morgan fingerprint density at radius 3 is 3.05 bits per heavy atom. The van der Waals surface area contributed by atoms with Crippen LogP contribution in [0.1, 0.15) is 43.2 Å². The van der Waals surface area contributed by atoms with Gasteiger partial charge in [-0.25, -0.2) is 0 Å². The van der Waals surface area contributed by atoms with Gasteiger partial charge < -0.3 is 10.6 Å². The maximum atomic E-state index is 6.02. The number of rotatable bonds is 0. The number of benzene rings is 1. The lowest BCUT2D eigenvalue weighted by Crippen LogP contribution is -2.59. The molecule has 2 N–H and O–H groups in total. The van der Waals surface area contributed by atoms with E-state index in [1.165, 1.54) is 50.6 Å². The molecular formula is C17H24N2. The highest BCUT2D eigenvalue weighted by Gasteiger charge is 2.52. The lowest BCUT2D eigenvalue weighted by Gasteiger charge is -2.58. The number of fused-ring (bicyclic) bond motifs is 1. The lowest BCUT2D eigenvalue weighted by atomic mass is 9.52. The van der Waals surface area contributed by atoms with Gasteiger partial charge in [-0.2, -0.15) is 0 Å². The molecule has 0 spiro atoms. The molecule has 1 saturated carbocycles. The molecule has 2 fully saturated rings. The van der Waals surface area contributed by atoms with Crippen LogP contribution in [-0.2, 0) is 11.8 Å². The van der Waals surface area contributed by atoms with Crippen LogP contribution < -0.4 is 5.73 Å². The first-order chi connectivity index (χ1) is 9.21. The molecule has 0 aromatic heterocycles. The third-order valence-corrected chi connectivity index (χ3v) is 6.13. The number of nitrogens with zero attached hydrogens (tertiary/aromatic N) is 1. The molecular weight excluding hydrogens is 232 g/mol. The van der Waals surface area contributed by atoms with E-state index in [0.29, 0.717) is 5.41 Å². The summed E-state index contributed by atoms with van der Waals surface area (Å²) in [6.07, 6.45) is 8.24. The Morgan fingerprint density at radius 1 is 1.26 bits per heavy atom. The number of nitrogen functional groups attached to an aromatic ring is 1. The van der Waals surface area contributed by atoms with Crippen molar-refractivity contribution in [2.45, 2.75) is 50.0 Å². The largest absolute Gasteiger partial charge is 0.399 e. The minimum Gasteiger partial charge on any atom is -0.399 e. The third-order valence-electron chi connectivity index (χ3n) is 6.13. The zero-order chi connectivity index (χ0) is 13.0. The summed E-state index contributed by atoms with van der Waals surface area (Å²) in [6, 6.07) is 7.47. The van der Waals surface area contributed by atoms with Gasteiger partial charge in [0.2, 0.25) is 0 Å². The average Bonchev–Trinajstić information content (AvgIpc) is 2.42. The number of piperidine rings is 1. The molecule has 1 saturated heterocycles. The summed E-state index contributed by atoms with van der Waals surface area (Å²) in [4.78, 5) is 2.61. The summed E-state index contributed by atoms with van der Waals surface area (Å²) in [6.45, 7) is 1.27. The summed E-state index contributed by atoms with van der Waals surface area (Å²) >= 11 is 0. The quantitative estimate of drug-likeness (QED) is 0.723. The molecule has 0 radical (unpaired) electrons. The summed E-state index contributed by atoms with van der Waals surface area (Å²) in [7, 11) is 2.32. The van der Waals surface area contributed by atoms with Gasteiger partial charge in [-0.3, -0.25) is 0 Å². The smallest absolute Gasteiger partial charge is 0.0316 e. The van der Waals surface area contributed by atoms with Crippen LogP contribution in [0, 0.1) is 5.92 Å². The van der Waals surface area contributed by atoms with E-state index in [-0.39, 0.29) is 0 Å². The highest BCUT2D eigenvalue weighted by atomic mass is 15.1. The van der Waals surface area contributed by atoms with Crippen LogP contribution in [0.5, 0.6) is 0 Å². The molecule has 2 aliphatic carbocycles. The Labute approximate surface area is 116 Å². The second-order valence-corrected chi connectivity index (χ2v) is 6.93. The number of hydrogen-bond acceptors (Lipinski definition) is 2. The molecule has 0 unspecified atom stereocenters. The Kier molecular flexibility index (Phi) is 2.47. The number of likely N-dealkylation sites (tertiary alicyclic amines) is 1. The van der Waals surface area contributed by atoms with Crippen molar-refractivity contribution in [1.82, 2.24) is 4.90 Å². The normalized spacial score (nSPS) is 37.5. The SMILES string of the molecule is CN1CC[C@]23CCCC[C@H]2[C@H]1Cc1cc(N)ccc13. The molecule has 4 rings (SSSR count). The molecule has 2 bridgehead atoms. The Hall–Kier alpha value is -1.02. The van der Waals surface area contributed by atoms with E-state index in [1.54, 1.807) is 5.56 Å². The predicted octanol–water partition coefficient (Wildman–Crippen LogP) is 2.96. The fourth-order valence-electron chi connectivity index (χ4n) is 5.25. The van der Waals surface area contributed by atoms with Gasteiger partial charge in [0.1, 0.15) is 0 Å². The molecule has 2 heteroatoms. The van der Waals surface area contributed by atoms with E-state index >= 15 is 0 Å². The van der Waals surface area contributed by atoms with Crippen molar-refractivity contribution in [1.29, 1.82) is 0 Å². The standard InChI is InChI=1S/C17H24N2/c1-19-9-8-17-7-3-2-4-15(17)16(19)11-12-10-13(18)5-6-14(12)17/h5-6,10,15-16H,2-4,7-9,11,18H2,1H3/t15-,16+,17-/m0/s1. The van der Waals surface area contributed by atoms with Gasteiger partial charge in [0.25, 0.3) is 0 Å². The topological polar surface area (TPSA) is 29.3 Å². The zero-order valence-corrected chi connectivity index (χ0v) is 11.9. The van der Waals surface area contributed by atoms with Crippen molar-refractivity contribution in [3.05, 3.63) is 29.3 Å². The van der Waals surface area contributed by atoms with Crippen LogP contribution in [0.4, 0.5) is 5.69 Å². The van der Waals surface area contributed by atoms with Crippen LogP contribution in [0.2, 0.25) is 0 Å². The van der Waals surface area contributed by atoms with Crippen LogP contribution in [-0.4, -0.2) is 24.5 Å². The summed E-state index contributed by atoms with van der Waals surface area (Å²) < 4.78 is 0.